The van der Waals surface area contributed by atoms with E-state index < -0.39 is 0 Å². The summed E-state index contributed by atoms with van der Waals surface area (Å²) in [5, 5.41) is 0. The van der Waals surface area contributed by atoms with E-state index in [0.717, 1.165) is 24.1 Å². The van der Waals surface area contributed by atoms with Crippen LogP contribution in [-0.2, 0) is 4.74 Å². The summed E-state index contributed by atoms with van der Waals surface area (Å²) in [7, 11) is 0. The van der Waals surface area contributed by atoms with Gasteiger partial charge in [0.2, 0.25) is 5.82 Å². The Morgan fingerprint density at radius 1 is 1.19 bits per heavy atom. The fraction of sp³-hybridized carbons (Fsp3) is 0.630. The first-order chi connectivity index (χ1) is 14.8. The highest BCUT2D eigenvalue weighted by Crippen LogP contribution is 2.40. The third-order valence-electron chi connectivity index (χ3n) is 6.21. The molecule has 1 heterocycles. The quantitative estimate of drug-likeness (QED) is 0.211. The Morgan fingerprint density at radius 2 is 1.90 bits per heavy atom. The number of hydrogen-bond acceptors (Lipinski definition) is 3. The first kappa shape index (κ1) is 25.2. The van der Waals surface area contributed by atoms with Gasteiger partial charge in [0.05, 0.1) is 18.5 Å². The van der Waals surface area contributed by atoms with E-state index >= 15 is 0 Å². The zero-order valence-corrected chi connectivity index (χ0v) is 20.4. The van der Waals surface area contributed by atoms with E-state index in [1.165, 1.54) is 62.5 Å². The first-order valence-corrected chi connectivity index (χ1v) is 12.1. The van der Waals surface area contributed by atoms with E-state index in [2.05, 4.69) is 56.7 Å². The molecule has 0 saturated heterocycles. The molecular formula is C27H42N2O2. The Bertz CT molecular complexity index is 796. The van der Waals surface area contributed by atoms with Crippen LogP contribution in [0.2, 0.25) is 0 Å². The van der Waals surface area contributed by atoms with Crippen LogP contribution >= 0.6 is 0 Å². The summed E-state index contributed by atoms with van der Waals surface area (Å²) >= 11 is 0. The summed E-state index contributed by atoms with van der Waals surface area (Å²) in [5.74, 6) is -0.0958. The standard InChI is InChI=1S/C27H42N2O2/c1-6-7-8-9-10-11-12-18-31-26(30)25-28-20-23(29-25)19-21(2)15-16-24-22(3)14-13-17-27(24,4)5/h15-16,19-20H,6-14,17-18H2,1-5H3,(H,28,29). The molecule has 0 saturated carbocycles. The SMILES string of the molecule is CCCCCCCCCOC(=O)c1ncc(C=C(C)C=CC2=C(C)CCCC2(C)C)[nH]1. The molecule has 0 aliphatic heterocycles. The van der Waals surface area contributed by atoms with E-state index in [4.69, 9.17) is 4.74 Å². The lowest BCUT2D eigenvalue weighted by Crippen LogP contribution is -2.19. The minimum absolute atomic E-state index is 0.236. The number of unbranched alkanes of at least 4 members (excludes halogenated alkanes) is 6. The van der Waals surface area contributed by atoms with Gasteiger partial charge in [-0.2, -0.15) is 0 Å². The molecule has 31 heavy (non-hydrogen) atoms. The smallest absolute Gasteiger partial charge is 0.374 e. The van der Waals surface area contributed by atoms with Gasteiger partial charge in [0, 0.05) is 0 Å². The predicted octanol–water partition coefficient (Wildman–Crippen LogP) is 7.80. The molecule has 2 rings (SSSR count). The monoisotopic (exact) mass is 426 g/mol. The number of aromatic nitrogens is 2. The molecule has 0 unspecified atom stereocenters. The van der Waals surface area contributed by atoms with Gasteiger partial charge in [-0.15, -0.1) is 0 Å². The van der Waals surface area contributed by atoms with Crippen molar-refractivity contribution in [3.63, 3.8) is 0 Å². The van der Waals surface area contributed by atoms with Crippen molar-refractivity contribution in [2.75, 3.05) is 6.61 Å². The lowest BCUT2D eigenvalue weighted by Gasteiger charge is -2.32. The normalized spacial score (nSPS) is 16.9. The van der Waals surface area contributed by atoms with Crippen molar-refractivity contribution in [2.24, 2.45) is 5.41 Å². The van der Waals surface area contributed by atoms with Gasteiger partial charge in [-0.3, -0.25) is 0 Å². The molecule has 0 fully saturated rings. The minimum atomic E-state index is -0.372. The number of esters is 1. The number of carbonyl (C=O) groups is 1. The summed E-state index contributed by atoms with van der Waals surface area (Å²) in [6.45, 7) is 11.7. The highest BCUT2D eigenvalue weighted by atomic mass is 16.5. The topological polar surface area (TPSA) is 55.0 Å². The second-order valence-electron chi connectivity index (χ2n) is 9.60. The van der Waals surface area contributed by atoms with Crippen molar-refractivity contribution < 1.29 is 9.53 Å². The highest BCUT2D eigenvalue weighted by molar-refractivity contribution is 5.85. The third-order valence-corrected chi connectivity index (χ3v) is 6.21. The zero-order valence-electron chi connectivity index (χ0n) is 20.4. The van der Waals surface area contributed by atoms with E-state index in [9.17, 15) is 4.79 Å². The van der Waals surface area contributed by atoms with Crippen molar-refractivity contribution in [1.29, 1.82) is 0 Å². The van der Waals surface area contributed by atoms with Crippen LogP contribution in [0.1, 0.15) is 115 Å². The van der Waals surface area contributed by atoms with E-state index in [0.29, 0.717) is 6.61 Å². The van der Waals surface area contributed by atoms with Gasteiger partial charge < -0.3 is 9.72 Å². The summed E-state index contributed by atoms with van der Waals surface area (Å²) in [6.07, 6.45) is 20.2. The van der Waals surface area contributed by atoms with Crippen LogP contribution in [-0.4, -0.2) is 22.5 Å². The van der Waals surface area contributed by atoms with Crippen molar-refractivity contribution in [3.8, 4) is 0 Å². The molecule has 0 spiro atoms. The molecule has 0 atom stereocenters. The molecule has 4 heteroatoms. The number of ether oxygens (including phenoxy) is 1. The number of allylic oxidation sites excluding steroid dienone is 5. The largest absolute Gasteiger partial charge is 0.460 e. The van der Waals surface area contributed by atoms with Gasteiger partial charge in [0.15, 0.2) is 0 Å². The van der Waals surface area contributed by atoms with Crippen LogP contribution in [0, 0.1) is 5.41 Å². The highest BCUT2D eigenvalue weighted by Gasteiger charge is 2.26. The Hall–Kier alpha value is -2.10. The lowest BCUT2D eigenvalue weighted by atomic mass is 9.72. The average Bonchev–Trinajstić information content (AvgIpc) is 3.17. The van der Waals surface area contributed by atoms with Crippen LogP contribution in [0.25, 0.3) is 6.08 Å². The summed E-state index contributed by atoms with van der Waals surface area (Å²) in [6, 6.07) is 0. The summed E-state index contributed by atoms with van der Waals surface area (Å²) in [4.78, 5) is 19.5. The summed E-state index contributed by atoms with van der Waals surface area (Å²) < 4.78 is 5.36. The number of nitrogens with zero attached hydrogens (tertiary/aromatic N) is 1. The number of rotatable bonds is 12. The van der Waals surface area contributed by atoms with Gasteiger partial charge in [-0.25, -0.2) is 9.78 Å². The lowest BCUT2D eigenvalue weighted by molar-refractivity contribution is 0.0484. The number of aromatic amines is 1. The van der Waals surface area contributed by atoms with Gasteiger partial charge in [0.25, 0.3) is 0 Å². The Labute approximate surface area is 189 Å². The molecule has 4 nitrogen and oxygen atoms in total. The van der Waals surface area contributed by atoms with Crippen LogP contribution in [0.4, 0.5) is 0 Å². The number of H-pyrrole nitrogens is 1. The molecule has 172 valence electrons. The first-order valence-electron chi connectivity index (χ1n) is 12.1. The molecule has 1 aliphatic carbocycles. The van der Waals surface area contributed by atoms with Crippen molar-refractivity contribution >= 4 is 12.0 Å². The molecule has 0 amide bonds. The minimum Gasteiger partial charge on any atom is -0.460 e. The molecule has 1 aliphatic rings. The third kappa shape index (κ3) is 8.51. The number of hydrogen-bond donors (Lipinski definition) is 1. The van der Waals surface area contributed by atoms with E-state index in [1.807, 2.05) is 6.08 Å². The van der Waals surface area contributed by atoms with Crippen molar-refractivity contribution in [2.45, 2.75) is 98.8 Å². The Morgan fingerprint density at radius 3 is 2.61 bits per heavy atom. The maximum Gasteiger partial charge on any atom is 0.374 e. The average molecular weight is 427 g/mol. The van der Waals surface area contributed by atoms with E-state index in [-0.39, 0.29) is 17.2 Å². The second kappa shape index (κ2) is 12.7. The predicted molar refractivity (Wildman–Crippen MR) is 130 cm³/mol. The molecule has 0 aromatic carbocycles. The van der Waals surface area contributed by atoms with Gasteiger partial charge in [0.1, 0.15) is 0 Å². The van der Waals surface area contributed by atoms with Crippen LogP contribution in [0.3, 0.4) is 0 Å². The maximum absolute atomic E-state index is 12.2. The fourth-order valence-electron chi connectivity index (χ4n) is 4.32. The number of carbonyl (C=O) groups excluding carboxylic acids is 1. The van der Waals surface area contributed by atoms with Gasteiger partial charge in [-0.1, -0.05) is 77.0 Å². The Balaban J connectivity index is 1.82. The van der Waals surface area contributed by atoms with Gasteiger partial charge >= 0.3 is 5.97 Å². The van der Waals surface area contributed by atoms with Crippen molar-refractivity contribution in [1.82, 2.24) is 9.97 Å². The molecule has 1 N–H and O–H groups in total. The molecule has 1 aromatic rings. The molecule has 1 aromatic heterocycles. The Kier molecular flexibility index (Phi) is 10.3. The van der Waals surface area contributed by atoms with Crippen LogP contribution < -0.4 is 0 Å². The number of nitrogens with one attached hydrogen (secondary N) is 1. The maximum atomic E-state index is 12.2. The summed E-state index contributed by atoms with van der Waals surface area (Å²) in [5.41, 5.74) is 5.12. The second-order valence-corrected chi connectivity index (χ2v) is 9.60. The molecule has 0 radical (unpaired) electrons. The number of imidazole rings is 1. The van der Waals surface area contributed by atoms with Crippen LogP contribution in [0.15, 0.2) is 35.1 Å². The molecular weight excluding hydrogens is 384 g/mol. The molecule has 0 bridgehead atoms. The zero-order chi connectivity index (χ0) is 22.7. The van der Waals surface area contributed by atoms with Crippen molar-refractivity contribution in [3.05, 3.63) is 46.6 Å². The fourth-order valence-corrected chi connectivity index (χ4v) is 4.32. The van der Waals surface area contributed by atoms with Crippen LogP contribution in [0.5, 0.6) is 0 Å². The van der Waals surface area contributed by atoms with Gasteiger partial charge in [-0.05, 0) is 62.2 Å². The van der Waals surface area contributed by atoms with E-state index in [1.54, 1.807) is 6.20 Å².